The minimum Gasteiger partial charge on any atom is -0.396 e. The number of aryl methyl sites for hydroxylation is 1. The van der Waals surface area contributed by atoms with E-state index < -0.39 is 9.84 Å². The minimum absolute atomic E-state index is 0.0646. The summed E-state index contributed by atoms with van der Waals surface area (Å²) in [5.74, 6) is 0.327. The number of nitrogens with zero attached hydrogens (tertiary/aromatic N) is 2. The fraction of sp³-hybridized carbons (Fsp3) is 0.467. The van der Waals surface area contributed by atoms with Crippen LogP contribution in [0.15, 0.2) is 28.8 Å². The van der Waals surface area contributed by atoms with Gasteiger partial charge in [0.15, 0.2) is 9.84 Å². The Labute approximate surface area is 130 Å². The van der Waals surface area contributed by atoms with Crippen molar-refractivity contribution >= 4 is 9.84 Å². The maximum Gasteiger partial charge on any atom is 0.242 e. The van der Waals surface area contributed by atoms with Gasteiger partial charge in [-0.25, -0.2) is 8.42 Å². The van der Waals surface area contributed by atoms with Crippen LogP contribution in [0.1, 0.15) is 30.7 Å². The fourth-order valence-corrected chi connectivity index (χ4v) is 3.37. The van der Waals surface area contributed by atoms with Crippen molar-refractivity contribution in [3.63, 3.8) is 0 Å². The smallest absolute Gasteiger partial charge is 0.242 e. The molecule has 2 aromatic rings. The van der Waals surface area contributed by atoms with E-state index in [4.69, 9.17) is 9.63 Å². The number of aliphatic hydroxyl groups is 1. The number of hydrogen-bond donors (Lipinski definition) is 1. The highest BCUT2D eigenvalue weighted by molar-refractivity contribution is 7.90. The Balaban J connectivity index is 1.99. The van der Waals surface area contributed by atoms with Crippen LogP contribution < -0.4 is 0 Å². The molecule has 0 unspecified atom stereocenters. The van der Waals surface area contributed by atoms with Gasteiger partial charge in [-0.3, -0.25) is 0 Å². The van der Waals surface area contributed by atoms with Crippen molar-refractivity contribution in [3.05, 3.63) is 35.7 Å². The Hall–Kier alpha value is -1.73. The lowest BCUT2D eigenvalue weighted by molar-refractivity contribution is 0.284. The van der Waals surface area contributed by atoms with Crippen molar-refractivity contribution in [3.8, 4) is 11.4 Å². The van der Waals surface area contributed by atoms with Crippen LogP contribution in [0.4, 0.5) is 0 Å². The lowest BCUT2D eigenvalue weighted by atomic mass is 10.1. The summed E-state index contributed by atoms with van der Waals surface area (Å²) in [5.41, 5.74) is 1.87. The van der Waals surface area contributed by atoms with Gasteiger partial charge < -0.3 is 9.63 Å². The molecule has 2 rings (SSSR count). The van der Waals surface area contributed by atoms with Gasteiger partial charge in [-0.2, -0.15) is 4.98 Å². The van der Waals surface area contributed by atoms with E-state index in [-0.39, 0.29) is 24.0 Å². The van der Waals surface area contributed by atoms with Gasteiger partial charge in [0.25, 0.3) is 0 Å². The maximum absolute atomic E-state index is 12.0. The summed E-state index contributed by atoms with van der Waals surface area (Å²) >= 11 is 0. The van der Waals surface area contributed by atoms with E-state index in [9.17, 15) is 8.42 Å². The van der Waals surface area contributed by atoms with Gasteiger partial charge in [0.05, 0.1) is 5.75 Å². The molecule has 1 N–H and O–H groups in total. The zero-order valence-electron chi connectivity index (χ0n) is 12.5. The number of aliphatic hydroxyl groups excluding tert-OH is 1. The van der Waals surface area contributed by atoms with Crippen molar-refractivity contribution in [1.29, 1.82) is 0 Å². The van der Waals surface area contributed by atoms with E-state index in [1.807, 2.05) is 31.2 Å². The molecule has 1 heterocycles. The zero-order chi connectivity index (χ0) is 16.0. The van der Waals surface area contributed by atoms with Crippen molar-refractivity contribution in [2.75, 3.05) is 12.4 Å². The second-order valence-corrected chi connectivity index (χ2v) is 7.44. The lowest BCUT2D eigenvalue weighted by Gasteiger charge is -2.00. The highest BCUT2D eigenvalue weighted by Gasteiger charge is 2.17. The molecule has 0 spiro atoms. The number of unbranched alkanes of at least 4 members (excludes halogenated alkanes) is 2. The van der Waals surface area contributed by atoms with E-state index in [1.54, 1.807) is 0 Å². The molecular weight excluding hydrogens is 304 g/mol. The normalized spacial score (nSPS) is 11.7. The van der Waals surface area contributed by atoms with Crippen LogP contribution in [-0.4, -0.2) is 36.0 Å². The summed E-state index contributed by atoms with van der Waals surface area (Å²) in [4.78, 5) is 4.15. The van der Waals surface area contributed by atoms with Crippen molar-refractivity contribution in [2.24, 2.45) is 0 Å². The maximum atomic E-state index is 12.0. The first-order valence-electron chi connectivity index (χ1n) is 7.21. The quantitative estimate of drug-likeness (QED) is 0.748. The topological polar surface area (TPSA) is 93.3 Å². The number of benzene rings is 1. The monoisotopic (exact) mass is 324 g/mol. The van der Waals surface area contributed by atoms with E-state index in [2.05, 4.69) is 10.1 Å². The number of rotatable bonds is 8. The van der Waals surface area contributed by atoms with Crippen LogP contribution in [0.3, 0.4) is 0 Å². The molecule has 0 saturated carbocycles. The molecule has 0 aliphatic carbocycles. The third kappa shape index (κ3) is 4.92. The molecule has 0 aliphatic heterocycles. The Bertz CT molecular complexity index is 710. The van der Waals surface area contributed by atoms with Gasteiger partial charge in [0, 0.05) is 12.2 Å². The van der Waals surface area contributed by atoms with Crippen molar-refractivity contribution in [1.82, 2.24) is 10.1 Å². The van der Waals surface area contributed by atoms with E-state index in [0.29, 0.717) is 25.1 Å². The molecule has 6 nitrogen and oxygen atoms in total. The molecule has 0 atom stereocenters. The number of aromatic nitrogens is 2. The molecule has 120 valence electrons. The molecule has 0 bridgehead atoms. The SMILES string of the molecule is Cc1cccc(-c2noc(CS(=O)(=O)CCCCCO)n2)c1. The average Bonchev–Trinajstić information content (AvgIpc) is 2.91. The van der Waals surface area contributed by atoms with Crippen LogP contribution in [-0.2, 0) is 15.6 Å². The first-order chi connectivity index (χ1) is 10.5. The van der Waals surface area contributed by atoms with Gasteiger partial charge in [-0.15, -0.1) is 0 Å². The van der Waals surface area contributed by atoms with Gasteiger partial charge in [-0.1, -0.05) is 35.3 Å². The molecule has 1 aromatic carbocycles. The summed E-state index contributed by atoms with van der Waals surface area (Å²) in [5, 5.41) is 12.5. The van der Waals surface area contributed by atoms with Crippen molar-refractivity contribution in [2.45, 2.75) is 31.9 Å². The predicted octanol–water partition coefficient (Wildman–Crippen LogP) is 2.12. The Morgan fingerprint density at radius 2 is 2.05 bits per heavy atom. The average molecular weight is 324 g/mol. The summed E-state index contributed by atoms with van der Waals surface area (Å²) < 4.78 is 29.0. The largest absolute Gasteiger partial charge is 0.396 e. The predicted molar refractivity (Wildman–Crippen MR) is 82.9 cm³/mol. The van der Waals surface area contributed by atoms with Gasteiger partial charge in [0.1, 0.15) is 5.75 Å². The Morgan fingerprint density at radius 1 is 1.23 bits per heavy atom. The first-order valence-corrected chi connectivity index (χ1v) is 9.03. The summed E-state index contributed by atoms with van der Waals surface area (Å²) in [6.45, 7) is 2.05. The van der Waals surface area contributed by atoms with Crippen LogP contribution >= 0.6 is 0 Å². The molecule has 7 heteroatoms. The van der Waals surface area contributed by atoms with Crippen molar-refractivity contribution < 1.29 is 18.0 Å². The molecule has 0 aliphatic rings. The van der Waals surface area contributed by atoms with Gasteiger partial charge in [0.2, 0.25) is 11.7 Å². The molecule has 0 saturated heterocycles. The second kappa shape index (κ2) is 7.51. The molecular formula is C15H20N2O4S. The molecule has 0 radical (unpaired) electrons. The number of hydrogen-bond acceptors (Lipinski definition) is 6. The van der Waals surface area contributed by atoms with Crippen LogP contribution in [0, 0.1) is 6.92 Å². The minimum atomic E-state index is -3.27. The second-order valence-electron chi connectivity index (χ2n) is 5.26. The fourth-order valence-electron chi connectivity index (χ4n) is 2.09. The van der Waals surface area contributed by atoms with E-state index in [1.165, 1.54) is 0 Å². The third-order valence-electron chi connectivity index (χ3n) is 3.20. The summed E-state index contributed by atoms with van der Waals surface area (Å²) in [6.07, 6.45) is 1.84. The first kappa shape index (κ1) is 16.6. The standard InChI is InChI=1S/C15H20N2O4S/c1-12-6-5-7-13(10-12)15-16-14(21-17-15)11-22(19,20)9-4-2-3-8-18/h5-7,10,18H,2-4,8-9,11H2,1H3. The zero-order valence-corrected chi connectivity index (χ0v) is 13.3. The van der Waals surface area contributed by atoms with Crippen LogP contribution in [0.5, 0.6) is 0 Å². The molecule has 0 amide bonds. The number of sulfone groups is 1. The summed E-state index contributed by atoms with van der Waals surface area (Å²) in [6, 6.07) is 7.61. The Kier molecular flexibility index (Phi) is 5.68. The van der Waals surface area contributed by atoms with Crippen LogP contribution in [0.25, 0.3) is 11.4 Å². The molecule has 22 heavy (non-hydrogen) atoms. The highest BCUT2D eigenvalue weighted by atomic mass is 32.2. The van der Waals surface area contributed by atoms with E-state index >= 15 is 0 Å². The highest BCUT2D eigenvalue weighted by Crippen LogP contribution is 2.18. The van der Waals surface area contributed by atoms with E-state index in [0.717, 1.165) is 11.1 Å². The van der Waals surface area contributed by atoms with Gasteiger partial charge in [-0.05, 0) is 25.8 Å². The van der Waals surface area contributed by atoms with Gasteiger partial charge >= 0.3 is 0 Å². The molecule has 1 aromatic heterocycles. The van der Waals surface area contributed by atoms with Crippen LogP contribution in [0.2, 0.25) is 0 Å². The third-order valence-corrected chi connectivity index (χ3v) is 4.80. The molecule has 0 fully saturated rings. The Morgan fingerprint density at radius 3 is 2.77 bits per heavy atom. The lowest BCUT2D eigenvalue weighted by Crippen LogP contribution is -2.09. The summed E-state index contributed by atoms with van der Waals surface area (Å²) in [7, 11) is -3.27.